The summed E-state index contributed by atoms with van der Waals surface area (Å²) < 4.78 is 0. The second-order valence-corrected chi connectivity index (χ2v) is 3.46. The number of nitrogens with zero attached hydrogens (tertiary/aromatic N) is 1. The Morgan fingerprint density at radius 1 is 1.36 bits per heavy atom. The van der Waals surface area contributed by atoms with E-state index in [1.165, 1.54) is 0 Å². The van der Waals surface area contributed by atoms with Crippen LogP contribution in [0.15, 0.2) is 23.0 Å². The Labute approximate surface area is 67.6 Å². The Kier molecular flexibility index (Phi) is 1.80. The lowest BCUT2D eigenvalue weighted by Gasteiger charge is -2.17. The Bertz CT molecular complexity index is 230. The third kappa shape index (κ3) is 1.63. The SMILES string of the molecule is CC1=CC(C(C)(C)O)=C(C)[N]1. The van der Waals surface area contributed by atoms with Gasteiger partial charge in [-0.25, -0.2) is 0 Å². The lowest BCUT2D eigenvalue weighted by molar-refractivity contribution is 0.123. The largest absolute Gasteiger partial charge is 0.386 e. The van der Waals surface area contributed by atoms with Crippen molar-refractivity contribution in [1.82, 2.24) is 5.32 Å². The number of hydrogen-bond acceptors (Lipinski definition) is 1. The maximum absolute atomic E-state index is 9.64. The molecule has 0 fully saturated rings. The molecule has 0 aromatic rings. The van der Waals surface area contributed by atoms with E-state index in [4.69, 9.17) is 0 Å². The Morgan fingerprint density at radius 3 is 2.09 bits per heavy atom. The molecule has 1 radical (unpaired) electrons. The third-order valence-electron chi connectivity index (χ3n) is 1.75. The van der Waals surface area contributed by atoms with Gasteiger partial charge in [0.25, 0.3) is 0 Å². The van der Waals surface area contributed by atoms with Gasteiger partial charge in [-0.05, 0) is 33.8 Å². The topological polar surface area (TPSA) is 34.3 Å². The highest BCUT2D eigenvalue weighted by molar-refractivity contribution is 5.39. The minimum atomic E-state index is -0.759. The van der Waals surface area contributed by atoms with Crippen molar-refractivity contribution in [3.63, 3.8) is 0 Å². The van der Waals surface area contributed by atoms with E-state index in [1.54, 1.807) is 13.8 Å². The van der Waals surface area contributed by atoms with E-state index in [0.717, 1.165) is 17.0 Å². The lowest BCUT2D eigenvalue weighted by atomic mass is 9.97. The van der Waals surface area contributed by atoms with Crippen molar-refractivity contribution in [2.45, 2.75) is 33.3 Å². The van der Waals surface area contributed by atoms with E-state index >= 15 is 0 Å². The molecule has 0 spiro atoms. The highest BCUT2D eigenvalue weighted by atomic mass is 16.3. The molecule has 0 aromatic heterocycles. The normalized spacial score (nSPS) is 18.5. The van der Waals surface area contributed by atoms with Gasteiger partial charge in [0, 0.05) is 17.0 Å². The van der Waals surface area contributed by atoms with Gasteiger partial charge >= 0.3 is 0 Å². The summed E-state index contributed by atoms with van der Waals surface area (Å²) in [6.07, 6.45) is 1.93. The summed E-state index contributed by atoms with van der Waals surface area (Å²) in [4.78, 5) is 0. The maximum atomic E-state index is 9.64. The van der Waals surface area contributed by atoms with E-state index in [9.17, 15) is 5.11 Å². The zero-order valence-electron chi connectivity index (χ0n) is 7.47. The molecule has 0 amide bonds. The van der Waals surface area contributed by atoms with Crippen LogP contribution in [0, 0.1) is 0 Å². The molecule has 0 unspecified atom stereocenters. The molecule has 11 heavy (non-hydrogen) atoms. The van der Waals surface area contributed by atoms with Crippen molar-refractivity contribution in [3.8, 4) is 0 Å². The molecule has 0 saturated carbocycles. The van der Waals surface area contributed by atoms with Crippen molar-refractivity contribution in [1.29, 1.82) is 0 Å². The molecule has 2 nitrogen and oxygen atoms in total. The molecule has 0 aromatic carbocycles. The van der Waals surface area contributed by atoms with E-state index in [0.29, 0.717) is 0 Å². The van der Waals surface area contributed by atoms with Crippen LogP contribution in [0.1, 0.15) is 27.7 Å². The van der Waals surface area contributed by atoms with Gasteiger partial charge in [0.2, 0.25) is 0 Å². The molecule has 1 heterocycles. The molecular weight excluding hydrogens is 138 g/mol. The molecule has 0 atom stereocenters. The van der Waals surface area contributed by atoms with Gasteiger partial charge in [-0.2, -0.15) is 0 Å². The first kappa shape index (κ1) is 8.34. The van der Waals surface area contributed by atoms with Crippen LogP contribution in [0.25, 0.3) is 0 Å². The van der Waals surface area contributed by atoms with Crippen molar-refractivity contribution in [3.05, 3.63) is 23.0 Å². The number of allylic oxidation sites excluding steroid dienone is 2. The van der Waals surface area contributed by atoms with Crippen LogP contribution in [0.3, 0.4) is 0 Å². The van der Waals surface area contributed by atoms with E-state index in [2.05, 4.69) is 5.32 Å². The summed E-state index contributed by atoms with van der Waals surface area (Å²) in [6, 6.07) is 0. The molecule has 0 bridgehead atoms. The lowest BCUT2D eigenvalue weighted by Crippen LogP contribution is -2.21. The first-order valence-electron chi connectivity index (χ1n) is 3.75. The summed E-state index contributed by atoms with van der Waals surface area (Å²) in [5, 5.41) is 13.9. The summed E-state index contributed by atoms with van der Waals surface area (Å²) in [6.45, 7) is 7.40. The van der Waals surface area contributed by atoms with Crippen molar-refractivity contribution in [2.75, 3.05) is 0 Å². The minimum absolute atomic E-state index is 0.759. The van der Waals surface area contributed by atoms with Crippen LogP contribution < -0.4 is 5.32 Å². The van der Waals surface area contributed by atoms with Gasteiger partial charge in [0.15, 0.2) is 0 Å². The molecule has 1 N–H and O–H groups in total. The fourth-order valence-corrected chi connectivity index (χ4v) is 1.29. The second-order valence-electron chi connectivity index (χ2n) is 3.46. The Hall–Kier alpha value is -0.760. The molecule has 0 aliphatic carbocycles. The zero-order valence-corrected chi connectivity index (χ0v) is 7.47. The van der Waals surface area contributed by atoms with Gasteiger partial charge in [0.1, 0.15) is 0 Å². The molecular formula is C9H14NO. The molecule has 61 valence electrons. The Balaban J connectivity index is 2.95. The van der Waals surface area contributed by atoms with Crippen LogP contribution >= 0.6 is 0 Å². The first-order chi connectivity index (χ1) is 4.91. The summed E-state index contributed by atoms with van der Waals surface area (Å²) in [5.41, 5.74) is 2.07. The summed E-state index contributed by atoms with van der Waals surface area (Å²) >= 11 is 0. The second kappa shape index (κ2) is 2.38. The highest BCUT2D eigenvalue weighted by Crippen LogP contribution is 2.26. The van der Waals surface area contributed by atoms with Crippen LogP contribution in [-0.2, 0) is 0 Å². The van der Waals surface area contributed by atoms with E-state index in [1.807, 2.05) is 19.9 Å². The van der Waals surface area contributed by atoms with Crippen LogP contribution in [0.4, 0.5) is 0 Å². The predicted molar refractivity (Wildman–Crippen MR) is 44.9 cm³/mol. The first-order valence-corrected chi connectivity index (χ1v) is 3.75. The number of aliphatic hydroxyl groups is 1. The van der Waals surface area contributed by atoms with Gasteiger partial charge < -0.3 is 5.11 Å². The van der Waals surface area contributed by atoms with Crippen LogP contribution in [-0.4, -0.2) is 10.7 Å². The van der Waals surface area contributed by atoms with Crippen LogP contribution in [0.2, 0.25) is 0 Å². The standard InChI is InChI=1S/C9H14NO/c1-6-5-8(7(2)10-6)9(3,4)11/h5,11H,1-4H3. The average Bonchev–Trinajstić information content (AvgIpc) is 2.08. The zero-order chi connectivity index (χ0) is 8.65. The summed E-state index contributed by atoms with van der Waals surface area (Å²) in [5.74, 6) is 0. The molecule has 2 heteroatoms. The fraction of sp³-hybridized carbons (Fsp3) is 0.556. The fourth-order valence-electron chi connectivity index (χ4n) is 1.29. The van der Waals surface area contributed by atoms with E-state index < -0.39 is 5.60 Å². The van der Waals surface area contributed by atoms with Crippen molar-refractivity contribution >= 4 is 0 Å². The van der Waals surface area contributed by atoms with Gasteiger partial charge in [-0.1, -0.05) is 0 Å². The smallest absolute Gasteiger partial charge is 0.0858 e. The summed E-state index contributed by atoms with van der Waals surface area (Å²) in [7, 11) is 0. The maximum Gasteiger partial charge on any atom is 0.0858 e. The van der Waals surface area contributed by atoms with Gasteiger partial charge in [-0.3, -0.25) is 5.32 Å². The van der Waals surface area contributed by atoms with E-state index in [-0.39, 0.29) is 0 Å². The van der Waals surface area contributed by atoms with Gasteiger partial charge in [0.05, 0.1) is 5.60 Å². The molecule has 1 rings (SSSR count). The van der Waals surface area contributed by atoms with Crippen molar-refractivity contribution in [2.24, 2.45) is 0 Å². The minimum Gasteiger partial charge on any atom is -0.386 e. The van der Waals surface area contributed by atoms with Crippen molar-refractivity contribution < 1.29 is 5.11 Å². The molecule has 1 aliphatic heterocycles. The van der Waals surface area contributed by atoms with Gasteiger partial charge in [-0.15, -0.1) is 0 Å². The highest BCUT2D eigenvalue weighted by Gasteiger charge is 2.24. The third-order valence-corrected chi connectivity index (χ3v) is 1.75. The van der Waals surface area contributed by atoms with Crippen LogP contribution in [0.5, 0.6) is 0 Å². The Morgan fingerprint density at radius 2 is 1.91 bits per heavy atom. The number of rotatable bonds is 1. The monoisotopic (exact) mass is 152 g/mol. The number of hydrogen-bond donors (Lipinski definition) is 1. The average molecular weight is 152 g/mol. The molecule has 1 aliphatic rings. The molecule has 0 saturated heterocycles. The predicted octanol–water partition coefficient (Wildman–Crippen LogP) is 1.55. The quantitative estimate of drug-likeness (QED) is 0.607.